The minimum Gasteiger partial charge on any atom is -0.300 e. The zero-order valence-corrected chi connectivity index (χ0v) is 12.9. The second-order valence-electron chi connectivity index (χ2n) is 5.87. The summed E-state index contributed by atoms with van der Waals surface area (Å²) in [6.07, 6.45) is 0. The standard InChI is InChI=1S/C17H26N2O/c1-4-19-11-10-18(13-15(19)3)12-14(2)17(20)16-8-6-5-7-9-16/h5-9,14-15H,4,10-13H2,1-3H3. The second-order valence-corrected chi connectivity index (χ2v) is 5.87. The molecule has 1 aromatic rings. The number of nitrogens with zero attached hydrogens (tertiary/aromatic N) is 2. The van der Waals surface area contributed by atoms with Gasteiger partial charge in [-0.25, -0.2) is 0 Å². The third kappa shape index (κ3) is 3.68. The van der Waals surface area contributed by atoms with E-state index in [9.17, 15) is 4.79 Å². The molecule has 1 fully saturated rings. The van der Waals surface area contributed by atoms with E-state index < -0.39 is 0 Å². The number of carbonyl (C=O) groups excluding carboxylic acids is 1. The number of hydrogen-bond donors (Lipinski definition) is 0. The van der Waals surface area contributed by atoms with Crippen molar-refractivity contribution in [2.75, 3.05) is 32.7 Å². The summed E-state index contributed by atoms with van der Waals surface area (Å²) in [4.78, 5) is 17.3. The summed E-state index contributed by atoms with van der Waals surface area (Å²) in [6, 6.07) is 10.2. The van der Waals surface area contributed by atoms with Gasteiger partial charge >= 0.3 is 0 Å². The van der Waals surface area contributed by atoms with Gasteiger partial charge in [0.1, 0.15) is 0 Å². The number of ketones is 1. The van der Waals surface area contributed by atoms with Gasteiger partial charge in [-0.1, -0.05) is 44.2 Å². The number of Topliss-reactive ketones (excluding diaryl/α,β-unsaturated/α-hetero) is 1. The van der Waals surface area contributed by atoms with Gasteiger partial charge in [-0.2, -0.15) is 0 Å². The number of carbonyl (C=O) groups is 1. The van der Waals surface area contributed by atoms with E-state index in [2.05, 4.69) is 23.6 Å². The lowest BCUT2D eigenvalue weighted by Crippen LogP contribution is -2.52. The van der Waals surface area contributed by atoms with Crippen LogP contribution < -0.4 is 0 Å². The monoisotopic (exact) mass is 274 g/mol. The molecule has 0 aliphatic carbocycles. The van der Waals surface area contributed by atoms with Gasteiger partial charge in [0.25, 0.3) is 0 Å². The number of hydrogen-bond acceptors (Lipinski definition) is 3. The lowest BCUT2D eigenvalue weighted by Gasteiger charge is -2.40. The number of likely N-dealkylation sites (N-methyl/N-ethyl adjacent to an activating group) is 1. The molecule has 2 unspecified atom stereocenters. The average molecular weight is 274 g/mol. The van der Waals surface area contributed by atoms with Crippen LogP contribution in [-0.4, -0.2) is 54.3 Å². The molecule has 1 aromatic carbocycles. The van der Waals surface area contributed by atoms with Crippen LogP contribution in [-0.2, 0) is 0 Å². The van der Waals surface area contributed by atoms with Crippen molar-refractivity contribution in [1.82, 2.24) is 9.80 Å². The number of benzene rings is 1. The molecule has 0 amide bonds. The maximum Gasteiger partial charge on any atom is 0.166 e. The molecule has 0 saturated carbocycles. The number of piperazine rings is 1. The van der Waals surface area contributed by atoms with E-state index in [0.29, 0.717) is 6.04 Å². The second kappa shape index (κ2) is 7.00. The Hall–Kier alpha value is -1.19. The van der Waals surface area contributed by atoms with Gasteiger partial charge < -0.3 is 0 Å². The van der Waals surface area contributed by atoms with Crippen molar-refractivity contribution < 1.29 is 4.79 Å². The molecular formula is C17H26N2O. The first-order valence-corrected chi connectivity index (χ1v) is 7.67. The van der Waals surface area contributed by atoms with Gasteiger partial charge in [-0.3, -0.25) is 14.6 Å². The summed E-state index contributed by atoms with van der Waals surface area (Å²) in [5, 5.41) is 0. The molecule has 2 rings (SSSR count). The van der Waals surface area contributed by atoms with Gasteiger partial charge in [-0.15, -0.1) is 0 Å². The molecule has 0 aromatic heterocycles. The first-order valence-electron chi connectivity index (χ1n) is 7.67. The van der Waals surface area contributed by atoms with E-state index in [1.54, 1.807) is 0 Å². The Bertz CT molecular complexity index is 432. The highest BCUT2D eigenvalue weighted by molar-refractivity contribution is 5.97. The van der Waals surface area contributed by atoms with Crippen molar-refractivity contribution in [1.29, 1.82) is 0 Å². The van der Waals surface area contributed by atoms with E-state index in [1.165, 1.54) is 0 Å². The molecule has 20 heavy (non-hydrogen) atoms. The quantitative estimate of drug-likeness (QED) is 0.771. The summed E-state index contributed by atoms with van der Waals surface area (Å²) in [5.74, 6) is 0.328. The lowest BCUT2D eigenvalue weighted by molar-refractivity contribution is 0.0693. The van der Waals surface area contributed by atoms with Gasteiger partial charge in [0.05, 0.1) is 0 Å². The van der Waals surface area contributed by atoms with Gasteiger partial charge in [0, 0.05) is 43.7 Å². The molecule has 0 radical (unpaired) electrons. The van der Waals surface area contributed by atoms with Crippen molar-refractivity contribution in [3.63, 3.8) is 0 Å². The summed E-state index contributed by atoms with van der Waals surface area (Å²) in [5.41, 5.74) is 0.834. The summed E-state index contributed by atoms with van der Waals surface area (Å²) in [6.45, 7) is 11.8. The van der Waals surface area contributed by atoms with Crippen LogP contribution in [0.2, 0.25) is 0 Å². The average Bonchev–Trinajstić information content (AvgIpc) is 2.47. The Morgan fingerprint density at radius 3 is 2.60 bits per heavy atom. The van der Waals surface area contributed by atoms with E-state index in [1.807, 2.05) is 37.3 Å². The van der Waals surface area contributed by atoms with Crippen LogP contribution in [0.15, 0.2) is 30.3 Å². The first kappa shape index (κ1) is 15.2. The van der Waals surface area contributed by atoms with Crippen molar-refractivity contribution >= 4 is 5.78 Å². The highest BCUT2D eigenvalue weighted by Gasteiger charge is 2.25. The Labute approximate surface area is 122 Å². The van der Waals surface area contributed by atoms with E-state index in [4.69, 9.17) is 0 Å². The van der Waals surface area contributed by atoms with Crippen LogP contribution in [0.1, 0.15) is 31.1 Å². The topological polar surface area (TPSA) is 23.6 Å². The van der Waals surface area contributed by atoms with E-state index in [0.717, 1.165) is 38.3 Å². The highest BCUT2D eigenvalue weighted by Crippen LogP contribution is 2.14. The predicted molar refractivity (Wildman–Crippen MR) is 83.1 cm³/mol. The Morgan fingerprint density at radius 2 is 2.00 bits per heavy atom. The normalized spacial score (nSPS) is 22.6. The largest absolute Gasteiger partial charge is 0.300 e. The van der Waals surface area contributed by atoms with Crippen LogP contribution in [0.3, 0.4) is 0 Å². The molecule has 0 N–H and O–H groups in total. The smallest absolute Gasteiger partial charge is 0.166 e. The number of rotatable bonds is 5. The fourth-order valence-corrected chi connectivity index (χ4v) is 3.06. The fourth-order valence-electron chi connectivity index (χ4n) is 3.06. The molecule has 1 saturated heterocycles. The van der Waals surface area contributed by atoms with Gasteiger partial charge in [0.2, 0.25) is 0 Å². The van der Waals surface area contributed by atoms with Crippen LogP contribution in [0.4, 0.5) is 0 Å². The van der Waals surface area contributed by atoms with Crippen molar-refractivity contribution in [2.45, 2.75) is 26.8 Å². The molecule has 0 spiro atoms. The molecule has 3 nitrogen and oxygen atoms in total. The summed E-state index contributed by atoms with van der Waals surface area (Å²) < 4.78 is 0. The van der Waals surface area contributed by atoms with Crippen LogP contribution in [0, 0.1) is 5.92 Å². The van der Waals surface area contributed by atoms with Gasteiger partial charge in [0.15, 0.2) is 5.78 Å². The first-order chi connectivity index (χ1) is 9.61. The Morgan fingerprint density at radius 1 is 1.30 bits per heavy atom. The molecule has 110 valence electrons. The molecule has 1 heterocycles. The zero-order valence-electron chi connectivity index (χ0n) is 12.9. The van der Waals surface area contributed by atoms with Crippen molar-refractivity contribution in [3.05, 3.63) is 35.9 Å². The van der Waals surface area contributed by atoms with Crippen molar-refractivity contribution in [3.8, 4) is 0 Å². The van der Waals surface area contributed by atoms with Crippen molar-refractivity contribution in [2.24, 2.45) is 5.92 Å². The van der Waals surface area contributed by atoms with Gasteiger partial charge in [-0.05, 0) is 13.5 Å². The Balaban J connectivity index is 1.89. The third-order valence-corrected chi connectivity index (χ3v) is 4.29. The van der Waals surface area contributed by atoms with Crippen LogP contribution in [0.25, 0.3) is 0 Å². The van der Waals surface area contributed by atoms with E-state index in [-0.39, 0.29) is 11.7 Å². The highest BCUT2D eigenvalue weighted by atomic mass is 16.1. The minimum absolute atomic E-state index is 0.0674. The van der Waals surface area contributed by atoms with Crippen LogP contribution >= 0.6 is 0 Å². The summed E-state index contributed by atoms with van der Waals surface area (Å²) >= 11 is 0. The molecule has 1 aliphatic heterocycles. The minimum atomic E-state index is 0.0674. The fraction of sp³-hybridized carbons (Fsp3) is 0.588. The predicted octanol–water partition coefficient (Wildman–Crippen LogP) is 2.53. The maximum atomic E-state index is 12.4. The molecule has 2 atom stereocenters. The molecule has 3 heteroatoms. The van der Waals surface area contributed by atoms with Crippen LogP contribution in [0.5, 0.6) is 0 Å². The zero-order chi connectivity index (χ0) is 14.5. The van der Waals surface area contributed by atoms with E-state index >= 15 is 0 Å². The molecule has 0 bridgehead atoms. The third-order valence-electron chi connectivity index (χ3n) is 4.29. The Kier molecular flexibility index (Phi) is 5.32. The SMILES string of the molecule is CCN1CCN(CC(C)C(=O)c2ccccc2)CC1C. The summed E-state index contributed by atoms with van der Waals surface area (Å²) in [7, 11) is 0. The molecule has 1 aliphatic rings. The maximum absolute atomic E-state index is 12.4. The molecular weight excluding hydrogens is 248 g/mol. The lowest BCUT2D eigenvalue weighted by atomic mass is 9.98.